The molecule has 0 radical (unpaired) electrons. The van der Waals surface area contributed by atoms with E-state index in [0.717, 1.165) is 18.5 Å². The van der Waals surface area contributed by atoms with Gasteiger partial charge in [0.25, 0.3) is 0 Å². The third kappa shape index (κ3) is 4.65. The van der Waals surface area contributed by atoms with Crippen molar-refractivity contribution in [3.63, 3.8) is 0 Å². The third-order valence-electron chi connectivity index (χ3n) is 2.30. The molecule has 0 aromatic heterocycles. The lowest BCUT2D eigenvalue weighted by Crippen LogP contribution is -2.22. The van der Waals surface area contributed by atoms with Gasteiger partial charge in [0.2, 0.25) is 0 Å². The van der Waals surface area contributed by atoms with Crippen molar-refractivity contribution in [2.75, 3.05) is 13.1 Å². The van der Waals surface area contributed by atoms with Crippen molar-refractivity contribution in [3.05, 3.63) is 34.9 Å². The molecule has 0 heterocycles. The van der Waals surface area contributed by atoms with E-state index in [1.165, 1.54) is 6.42 Å². The molecule has 0 aliphatic heterocycles. The molecule has 0 aliphatic rings. The molecule has 0 saturated carbocycles. The Balaban J connectivity index is 2.33. The number of benzene rings is 1. The quantitative estimate of drug-likeness (QED) is 0.733. The Labute approximate surface area is 96.3 Å². The smallest absolute Gasteiger partial charge is 0.0914 e. The molecule has 2 N–H and O–H groups in total. The first-order chi connectivity index (χ1) is 7.24. The molecule has 0 aliphatic carbocycles. The van der Waals surface area contributed by atoms with Crippen molar-refractivity contribution in [3.8, 4) is 0 Å². The van der Waals surface area contributed by atoms with Gasteiger partial charge in [0.15, 0.2) is 0 Å². The van der Waals surface area contributed by atoms with Crippen LogP contribution in [0, 0.1) is 0 Å². The van der Waals surface area contributed by atoms with Crippen molar-refractivity contribution in [1.29, 1.82) is 0 Å². The van der Waals surface area contributed by atoms with Gasteiger partial charge in [-0.1, -0.05) is 37.1 Å². The van der Waals surface area contributed by atoms with E-state index in [4.69, 9.17) is 11.6 Å². The lowest BCUT2D eigenvalue weighted by molar-refractivity contribution is 0.175. The highest BCUT2D eigenvalue weighted by molar-refractivity contribution is 6.30. The average Bonchev–Trinajstić information content (AvgIpc) is 2.25. The molecule has 2 nitrogen and oxygen atoms in total. The zero-order chi connectivity index (χ0) is 11.1. The Hall–Kier alpha value is -0.570. The number of aliphatic hydroxyl groups is 1. The predicted molar refractivity (Wildman–Crippen MR) is 64.2 cm³/mol. The van der Waals surface area contributed by atoms with Crippen molar-refractivity contribution in [2.45, 2.75) is 25.9 Å². The summed E-state index contributed by atoms with van der Waals surface area (Å²) in [6.45, 7) is 3.71. The molecule has 15 heavy (non-hydrogen) atoms. The van der Waals surface area contributed by atoms with E-state index in [-0.39, 0.29) is 0 Å². The monoisotopic (exact) mass is 227 g/mol. The van der Waals surface area contributed by atoms with Crippen LogP contribution in [0.5, 0.6) is 0 Å². The fourth-order valence-corrected chi connectivity index (χ4v) is 1.47. The largest absolute Gasteiger partial charge is 0.387 e. The maximum Gasteiger partial charge on any atom is 0.0914 e. The van der Waals surface area contributed by atoms with Gasteiger partial charge in [0.05, 0.1) is 6.10 Å². The number of hydrogen-bond acceptors (Lipinski definition) is 2. The van der Waals surface area contributed by atoms with E-state index in [1.807, 2.05) is 12.1 Å². The van der Waals surface area contributed by atoms with Crippen molar-refractivity contribution in [2.24, 2.45) is 0 Å². The Morgan fingerprint density at radius 3 is 2.60 bits per heavy atom. The zero-order valence-electron chi connectivity index (χ0n) is 9.04. The first-order valence-electron chi connectivity index (χ1n) is 5.38. The maximum absolute atomic E-state index is 9.81. The average molecular weight is 228 g/mol. The normalized spacial score (nSPS) is 12.7. The van der Waals surface area contributed by atoms with Crippen LogP contribution in [0.3, 0.4) is 0 Å². The van der Waals surface area contributed by atoms with Gasteiger partial charge in [-0.2, -0.15) is 0 Å². The fourth-order valence-electron chi connectivity index (χ4n) is 1.34. The van der Waals surface area contributed by atoms with E-state index in [2.05, 4.69) is 12.2 Å². The molecule has 1 unspecified atom stereocenters. The molecule has 0 amide bonds. The number of hydrogen-bond donors (Lipinski definition) is 2. The highest BCUT2D eigenvalue weighted by Crippen LogP contribution is 2.15. The van der Waals surface area contributed by atoms with Crippen LogP contribution in [-0.2, 0) is 0 Å². The van der Waals surface area contributed by atoms with Crippen LogP contribution in [-0.4, -0.2) is 18.2 Å². The molecule has 84 valence electrons. The first-order valence-corrected chi connectivity index (χ1v) is 5.76. The summed E-state index contributed by atoms with van der Waals surface area (Å²) in [7, 11) is 0. The summed E-state index contributed by atoms with van der Waals surface area (Å²) in [6.07, 6.45) is 1.87. The van der Waals surface area contributed by atoms with Crippen LogP contribution in [0.2, 0.25) is 5.02 Å². The van der Waals surface area contributed by atoms with E-state index >= 15 is 0 Å². The van der Waals surface area contributed by atoms with E-state index in [0.29, 0.717) is 11.6 Å². The number of rotatable bonds is 6. The number of nitrogens with one attached hydrogen (secondary N) is 1. The first kappa shape index (κ1) is 12.5. The van der Waals surface area contributed by atoms with Gasteiger partial charge in [-0.05, 0) is 30.7 Å². The van der Waals surface area contributed by atoms with E-state index in [9.17, 15) is 5.11 Å². The van der Waals surface area contributed by atoms with Gasteiger partial charge in [-0.15, -0.1) is 0 Å². The lowest BCUT2D eigenvalue weighted by atomic mass is 10.1. The summed E-state index contributed by atoms with van der Waals surface area (Å²) in [6, 6.07) is 7.31. The molecule has 0 spiro atoms. The highest BCUT2D eigenvalue weighted by atomic mass is 35.5. The molecule has 1 atom stereocenters. The molecule has 0 bridgehead atoms. The van der Waals surface area contributed by atoms with Gasteiger partial charge in [-0.3, -0.25) is 0 Å². The minimum atomic E-state index is -0.445. The molecule has 1 rings (SSSR count). The summed E-state index contributed by atoms with van der Waals surface area (Å²) >= 11 is 5.76. The van der Waals surface area contributed by atoms with Crippen molar-refractivity contribution >= 4 is 11.6 Å². The molecular weight excluding hydrogens is 210 g/mol. The minimum Gasteiger partial charge on any atom is -0.387 e. The van der Waals surface area contributed by atoms with E-state index < -0.39 is 6.10 Å². The highest BCUT2D eigenvalue weighted by Gasteiger charge is 2.05. The fraction of sp³-hybridized carbons (Fsp3) is 0.500. The number of unbranched alkanes of at least 4 members (excludes halogenated alkanes) is 1. The molecule has 1 aromatic carbocycles. The molecule has 3 heteroatoms. The summed E-state index contributed by atoms with van der Waals surface area (Å²) in [5, 5.41) is 13.7. The second-order valence-electron chi connectivity index (χ2n) is 3.63. The molecule has 1 aromatic rings. The maximum atomic E-state index is 9.81. The second kappa shape index (κ2) is 6.83. The van der Waals surface area contributed by atoms with Crippen molar-refractivity contribution < 1.29 is 5.11 Å². The summed E-state index contributed by atoms with van der Waals surface area (Å²) < 4.78 is 0. The van der Waals surface area contributed by atoms with Gasteiger partial charge >= 0.3 is 0 Å². The van der Waals surface area contributed by atoms with Crippen LogP contribution >= 0.6 is 11.6 Å². The van der Waals surface area contributed by atoms with Crippen LogP contribution < -0.4 is 5.32 Å². The molecule has 0 saturated heterocycles. The Morgan fingerprint density at radius 2 is 2.00 bits per heavy atom. The lowest BCUT2D eigenvalue weighted by Gasteiger charge is -2.11. The number of aliphatic hydroxyl groups excluding tert-OH is 1. The third-order valence-corrected chi connectivity index (χ3v) is 2.55. The summed E-state index contributed by atoms with van der Waals surface area (Å²) in [5.41, 5.74) is 0.906. The SMILES string of the molecule is CCCCNCC(O)c1ccc(Cl)cc1. The van der Waals surface area contributed by atoms with Gasteiger partial charge in [-0.25, -0.2) is 0 Å². The Morgan fingerprint density at radius 1 is 1.33 bits per heavy atom. The van der Waals surface area contributed by atoms with Crippen LogP contribution in [0.15, 0.2) is 24.3 Å². The minimum absolute atomic E-state index is 0.445. The van der Waals surface area contributed by atoms with Gasteiger partial charge in [0.1, 0.15) is 0 Å². The summed E-state index contributed by atoms with van der Waals surface area (Å²) in [4.78, 5) is 0. The second-order valence-corrected chi connectivity index (χ2v) is 4.06. The van der Waals surface area contributed by atoms with E-state index in [1.54, 1.807) is 12.1 Å². The van der Waals surface area contributed by atoms with Gasteiger partial charge in [0, 0.05) is 11.6 Å². The topological polar surface area (TPSA) is 32.3 Å². The van der Waals surface area contributed by atoms with Crippen LogP contribution in [0.1, 0.15) is 31.4 Å². The Bertz CT molecular complexity index is 273. The molecular formula is C12H18ClNO. The van der Waals surface area contributed by atoms with Crippen molar-refractivity contribution in [1.82, 2.24) is 5.32 Å². The number of halogens is 1. The standard InChI is InChI=1S/C12H18ClNO/c1-2-3-8-14-9-12(15)10-4-6-11(13)7-5-10/h4-7,12,14-15H,2-3,8-9H2,1H3. The predicted octanol–water partition coefficient (Wildman–Crippen LogP) is 2.76. The Kier molecular flexibility index (Phi) is 5.69. The zero-order valence-corrected chi connectivity index (χ0v) is 9.80. The van der Waals surface area contributed by atoms with Gasteiger partial charge < -0.3 is 10.4 Å². The summed E-state index contributed by atoms with van der Waals surface area (Å²) in [5.74, 6) is 0. The molecule has 0 fully saturated rings. The van der Waals surface area contributed by atoms with Crippen LogP contribution in [0.25, 0.3) is 0 Å². The van der Waals surface area contributed by atoms with Crippen LogP contribution in [0.4, 0.5) is 0 Å².